The lowest BCUT2D eigenvalue weighted by molar-refractivity contribution is -0.160. The molecule has 0 aromatic rings. The summed E-state index contributed by atoms with van der Waals surface area (Å²) in [7, 11) is 0. The summed E-state index contributed by atoms with van der Waals surface area (Å²) < 4.78 is 10.5. The maximum Gasteiger partial charge on any atom is 0.407 e. The van der Waals surface area contributed by atoms with Crippen LogP contribution in [0.25, 0.3) is 0 Å². The Balaban J connectivity index is 4.53. The molecule has 1 unspecified atom stereocenters. The number of esters is 1. The molecule has 0 saturated carbocycles. The molecule has 146 valence electrons. The molecule has 0 rings (SSSR count). The highest BCUT2D eigenvalue weighted by Crippen LogP contribution is 2.15. The molecule has 25 heavy (non-hydrogen) atoms. The molecule has 0 saturated heterocycles. The van der Waals surface area contributed by atoms with Gasteiger partial charge in [0.05, 0.1) is 0 Å². The lowest BCUT2D eigenvalue weighted by Crippen LogP contribution is -2.48. The maximum absolute atomic E-state index is 12.3. The minimum atomic E-state index is -0.710. The minimum absolute atomic E-state index is 0.0506. The molecule has 0 radical (unpaired) electrons. The van der Waals surface area contributed by atoms with Crippen molar-refractivity contribution in [2.24, 2.45) is 5.92 Å². The third-order valence-corrected chi connectivity index (χ3v) is 3.21. The largest absolute Gasteiger partial charge is 0.458 e. The van der Waals surface area contributed by atoms with Crippen LogP contribution in [-0.4, -0.2) is 41.8 Å². The van der Waals surface area contributed by atoms with Crippen molar-refractivity contribution in [3.63, 3.8) is 0 Å². The van der Waals surface area contributed by atoms with Crippen molar-refractivity contribution in [1.29, 1.82) is 0 Å². The first-order chi connectivity index (χ1) is 11.2. The van der Waals surface area contributed by atoms with Crippen LogP contribution in [0.15, 0.2) is 0 Å². The zero-order valence-corrected chi connectivity index (χ0v) is 16.8. The number of amides is 2. The molecule has 0 aliphatic rings. The van der Waals surface area contributed by atoms with Gasteiger partial charge in [-0.1, -0.05) is 20.3 Å². The smallest absolute Gasteiger partial charge is 0.407 e. The molecule has 0 spiro atoms. The summed E-state index contributed by atoms with van der Waals surface area (Å²) in [5.41, 5.74) is -1.21. The van der Waals surface area contributed by atoms with Crippen LogP contribution in [0.5, 0.6) is 0 Å². The second-order valence-corrected chi connectivity index (χ2v) is 8.14. The van der Waals surface area contributed by atoms with Crippen molar-refractivity contribution in [2.45, 2.75) is 85.5 Å². The van der Waals surface area contributed by atoms with E-state index >= 15 is 0 Å². The predicted octanol–water partition coefficient (Wildman–Crippen LogP) is 2.77. The van der Waals surface area contributed by atoms with E-state index in [-0.39, 0.29) is 24.8 Å². The van der Waals surface area contributed by atoms with Crippen molar-refractivity contribution < 1.29 is 23.9 Å². The van der Waals surface area contributed by atoms with Crippen LogP contribution >= 0.6 is 0 Å². The van der Waals surface area contributed by atoms with Gasteiger partial charge in [-0.3, -0.25) is 4.79 Å². The fraction of sp³-hybridized carbons (Fsp3) is 0.833. The Bertz CT molecular complexity index is 463. The van der Waals surface area contributed by atoms with E-state index in [0.717, 1.165) is 6.42 Å². The molecule has 0 bridgehead atoms. The normalized spacial score (nSPS) is 14.2. The average molecular weight is 358 g/mol. The molecule has 0 aromatic heterocycles. The Kier molecular flexibility index (Phi) is 8.94. The number of hydrogen-bond donors (Lipinski definition) is 2. The van der Waals surface area contributed by atoms with Gasteiger partial charge in [-0.25, -0.2) is 9.59 Å². The molecule has 7 nitrogen and oxygen atoms in total. The summed E-state index contributed by atoms with van der Waals surface area (Å²) in [4.78, 5) is 35.9. The highest BCUT2D eigenvalue weighted by molar-refractivity contribution is 5.85. The summed E-state index contributed by atoms with van der Waals surface area (Å²) in [5, 5.41) is 5.22. The molecular formula is C18H34N2O5. The Morgan fingerprint density at radius 2 is 1.48 bits per heavy atom. The highest BCUT2D eigenvalue weighted by Gasteiger charge is 2.30. The van der Waals surface area contributed by atoms with E-state index in [1.54, 1.807) is 41.5 Å². The van der Waals surface area contributed by atoms with Gasteiger partial charge >= 0.3 is 12.1 Å². The number of carbonyl (C=O) groups is 3. The van der Waals surface area contributed by atoms with E-state index in [2.05, 4.69) is 10.6 Å². The molecule has 0 aliphatic carbocycles. The van der Waals surface area contributed by atoms with Crippen LogP contribution in [0.1, 0.15) is 68.2 Å². The van der Waals surface area contributed by atoms with Crippen molar-refractivity contribution in [3.8, 4) is 0 Å². The fourth-order valence-electron chi connectivity index (χ4n) is 1.87. The van der Waals surface area contributed by atoms with Gasteiger partial charge in [-0.2, -0.15) is 0 Å². The van der Waals surface area contributed by atoms with Crippen LogP contribution in [0, 0.1) is 5.92 Å². The Morgan fingerprint density at radius 3 is 1.92 bits per heavy atom. The molecule has 0 fully saturated rings. The van der Waals surface area contributed by atoms with Gasteiger partial charge in [-0.05, 0) is 47.5 Å². The van der Waals surface area contributed by atoms with Crippen molar-refractivity contribution in [3.05, 3.63) is 0 Å². The van der Waals surface area contributed by atoms with E-state index < -0.39 is 29.3 Å². The quantitative estimate of drug-likeness (QED) is 0.683. The molecule has 0 heterocycles. The van der Waals surface area contributed by atoms with Gasteiger partial charge in [0.15, 0.2) is 0 Å². The Hall–Kier alpha value is -1.79. The number of ether oxygens (including phenoxy) is 2. The summed E-state index contributed by atoms with van der Waals surface area (Å²) in [6, 6.07) is -0.710. The first-order valence-corrected chi connectivity index (χ1v) is 8.74. The Morgan fingerprint density at radius 1 is 0.960 bits per heavy atom. The first kappa shape index (κ1) is 23.2. The zero-order valence-electron chi connectivity index (χ0n) is 16.8. The van der Waals surface area contributed by atoms with E-state index in [4.69, 9.17) is 9.47 Å². The van der Waals surface area contributed by atoms with Crippen molar-refractivity contribution in [2.75, 3.05) is 6.54 Å². The number of hydrogen-bond acceptors (Lipinski definition) is 5. The van der Waals surface area contributed by atoms with Gasteiger partial charge in [0, 0.05) is 13.0 Å². The molecule has 2 amide bonds. The molecular weight excluding hydrogens is 324 g/mol. The lowest BCUT2D eigenvalue weighted by Gasteiger charge is -2.27. The van der Waals surface area contributed by atoms with Gasteiger partial charge in [-0.15, -0.1) is 0 Å². The van der Waals surface area contributed by atoms with E-state index in [9.17, 15) is 14.4 Å². The van der Waals surface area contributed by atoms with Crippen LogP contribution < -0.4 is 10.6 Å². The standard InChI is InChI=1S/C18H34N2O5/c1-9-12(2)14(15(22)24-17(3,4)5)20-13(21)10-11-19-16(23)25-18(6,7)8/h12,14H,9-11H2,1-8H3,(H,19,23)(H,20,21)/t12?,14-/m0/s1. The predicted molar refractivity (Wildman–Crippen MR) is 96.1 cm³/mol. The van der Waals surface area contributed by atoms with Crippen LogP contribution in [0.2, 0.25) is 0 Å². The molecule has 2 N–H and O–H groups in total. The summed E-state index contributed by atoms with van der Waals surface area (Å²) in [6.07, 6.45) is 0.195. The van der Waals surface area contributed by atoms with Gasteiger partial charge in [0.1, 0.15) is 17.2 Å². The molecule has 0 aliphatic heterocycles. The summed E-state index contributed by atoms with van der Waals surface area (Å²) in [6.45, 7) is 14.6. The fourth-order valence-corrected chi connectivity index (χ4v) is 1.87. The van der Waals surface area contributed by atoms with Crippen molar-refractivity contribution in [1.82, 2.24) is 10.6 Å². The van der Waals surface area contributed by atoms with Gasteiger partial charge in [0.25, 0.3) is 0 Å². The van der Waals surface area contributed by atoms with Gasteiger partial charge < -0.3 is 20.1 Å². The lowest BCUT2D eigenvalue weighted by atomic mass is 9.98. The van der Waals surface area contributed by atoms with E-state index in [1.165, 1.54) is 0 Å². The monoisotopic (exact) mass is 358 g/mol. The Labute approximate surface area is 151 Å². The highest BCUT2D eigenvalue weighted by atomic mass is 16.6. The van der Waals surface area contributed by atoms with Crippen LogP contribution in [-0.2, 0) is 19.1 Å². The number of alkyl carbamates (subject to hydrolysis) is 1. The SMILES string of the molecule is CCC(C)[C@H](NC(=O)CCNC(=O)OC(C)(C)C)C(=O)OC(C)(C)C. The minimum Gasteiger partial charge on any atom is -0.458 e. The average Bonchev–Trinajstić information content (AvgIpc) is 2.39. The molecule has 0 aromatic carbocycles. The number of carbonyl (C=O) groups excluding carboxylic acids is 3. The first-order valence-electron chi connectivity index (χ1n) is 8.74. The summed E-state index contributed by atoms with van der Waals surface area (Å²) in [5.74, 6) is -0.833. The molecule has 7 heteroatoms. The number of nitrogens with one attached hydrogen (secondary N) is 2. The second-order valence-electron chi connectivity index (χ2n) is 8.14. The number of rotatable bonds is 7. The maximum atomic E-state index is 12.3. The third kappa shape index (κ3) is 11.4. The molecule has 2 atom stereocenters. The van der Waals surface area contributed by atoms with E-state index in [1.807, 2.05) is 13.8 Å². The third-order valence-electron chi connectivity index (χ3n) is 3.21. The van der Waals surface area contributed by atoms with Crippen molar-refractivity contribution >= 4 is 18.0 Å². The second kappa shape index (κ2) is 9.63. The zero-order chi connectivity index (χ0) is 19.8. The van der Waals surface area contributed by atoms with Crippen LogP contribution in [0.3, 0.4) is 0 Å². The summed E-state index contributed by atoms with van der Waals surface area (Å²) >= 11 is 0. The van der Waals surface area contributed by atoms with E-state index in [0.29, 0.717) is 0 Å². The topological polar surface area (TPSA) is 93.7 Å². The van der Waals surface area contributed by atoms with Gasteiger partial charge in [0.2, 0.25) is 5.91 Å². The van der Waals surface area contributed by atoms with Crippen LogP contribution in [0.4, 0.5) is 4.79 Å².